The molecule has 0 aliphatic heterocycles. The Morgan fingerprint density at radius 2 is 0.380 bits per heavy atom. The van der Waals surface area contributed by atoms with Crippen molar-refractivity contribution in [2.45, 2.75) is 152 Å². The van der Waals surface area contributed by atoms with Crippen molar-refractivity contribution in [3.05, 3.63) is 97.2 Å². The summed E-state index contributed by atoms with van der Waals surface area (Å²) in [6.45, 7) is 43.8. The number of esters is 18. The number of ether oxygens (including phenoxy) is 19. The maximum atomic E-state index is 12.3. The van der Waals surface area contributed by atoms with E-state index < -0.39 is 133 Å². The van der Waals surface area contributed by atoms with Gasteiger partial charge in [-0.2, -0.15) is 0 Å². The first-order valence-corrected chi connectivity index (χ1v) is 49.8. The normalized spacial score (nSPS) is 10.7. The van der Waals surface area contributed by atoms with E-state index in [0.717, 1.165) is 40.7 Å². The Morgan fingerprint density at radius 1 is 0.220 bits per heavy atom. The largest absolute Gasteiger partial charge is 0.726 e. The van der Waals surface area contributed by atoms with Crippen molar-refractivity contribution in [1.29, 1.82) is 0 Å². The molecule has 57 heteroatoms. The van der Waals surface area contributed by atoms with Gasteiger partial charge in [0, 0.05) is 57.4 Å². The Bertz CT molecular complexity index is 4340. The summed E-state index contributed by atoms with van der Waals surface area (Å²) in [6, 6.07) is 0. The highest BCUT2D eigenvalue weighted by Gasteiger charge is 2.29. The maximum Gasteiger partial charge on any atom is 0.407 e. The standard InChI is InChI=1S/C37H54NO18.C30H46N2O12.C23H38NO8.3CH4O4S/c1-26(2)35(45)54-23-20-51-32(42)11-8-29(39)48-17-14-38(7,15-18-49-30(40)9-12-33(43)52-21-24-55-36(46)27(3)4)16-19-50-31(41)10-13-34(44)53-22-25-56-37(47)28(5)6;1-22(2)27(35)41-16-8-10-25(33)39-19-13-32(7,14-20-40-26(34)11-9-17-42-28(36)23(3)4)15-21-44-30(38)31-12-18-43-29(37)24(5)6;1-7-8-11-24(6,12-9-20(25)29-14-16-31-22(27)18(2)3)13-10-21(26)30-15-17-32-23(28)19(4)5;3*1-5-6(2,3)4/h1,3,5,8-25H2,2,4,6-7H3;1,3,5,8-21H2,2,4,6-7H3;2,4,7-17H2,1,3,5-6H3;3*1H3,(H,2,3,4)/q+1;;+1;;;/p-2. The average molecular weight is 2220 g/mol. The van der Waals surface area contributed by atoms with E-state index in [2.05, 4.69) is 77.4 Å². The molecule has 858 valence electrons. The van der Waals surface area contributed by atoms with Gasteiger partial charge < -0.3 is 122 Å². The molecule has 0 saturated carbocycles. The zero-order chi connectivity index (χ0) is 116. The zero-order valence-corrected chi connectivity index (χ0v) is 90.5. The molecule has 0 atom stereocenters. The number of rotatable bonds is 73. The fraction of sp³-hybridized carbons (Fsp3) is 0.624. The summed E-state index contributed by atoms with van der Waals surface area (Å²) in [7, 11) is -5.27. The van der Waals surface area contributed by atoms with Gasteiger partial charge >= 0.3 is 114 Å². The van der Waals surface area contributed by atoms with E-state index in [0.29, 0.717) is 50.0 Å². The van der Waals surface area contributed by atoms with Crippen LogP contribution in [0.1, 0.15) is 152 Å². The van der Waals surface area contributed by atoms with Crippen LogP contribution in [0.15, 0.2) is 97.2 Å². The van der Waals surface area contributed by atoms with Crippen molar-refractivity contribution >= 4 is 145 Å². The zero-order valence-electron chi connectivity index (χ0n) is 88.0. The number of alkyl carbamates (subject to hydrolysis) is 1. The molecule has 0 rings (SSSR count). The average Bonchev–Trinajstić information content (AvgIpc) is 0.893. The fourth-order valence-corrected chi connectivity index (χ4v) is 9.41. The lowest BCUT2D eigenvalue weighted by Crippen LogP contribution is -2.51. The van der Waals surface area contributed by atoms with E-state index in [1.54, 1.807) is 7.05 Å². The first-order chi connectivity index (χ1) is 69.7. The van der Waals surface area contributed by atoms with Crippen LogP contribution in [-0.2, 0) is 220 Å². The molecule has 0 bridgehead atoms. The van der Waals surface area contributed by atoms with Gasteiger partial charge in [0.15, 0.2) is 0 Å². The molecular weight excluding hydrogens is 2070 g/mol. The molecule has 0 aliphatic rings. The maximum absolute atomic E-state index is 12.3. The lowest BCUT2D eigenvalue weighted by molar-refractivity contribution is -0.910. The van der Waals surface area contributed by atoms with Crippen LogP contribution in [0.25, 0.3) is 0 Å². The molecule has 0 aromatic rings. The van der Waals surface area contributed by atoms with Crippen LogP contribution >= 0.6 is 0 Å². The van der Waals surface area contributed by atoms with Crippen LogP contribution in [-0.4, -0.2) is 399 Å². The second-order valence-corrected chi connectivity index (χ2v) is 35.7. The molecule has 0 heterocycles. The van der Waals surface area contributed by atoms with Crippen molar-refractivity contribution in [3.8, 4) is 0 Å². The highest BCUT2D eigenvalue weighted by atomic mass is 32.3. The smallest absolute Gasteiger partial charge is 0.407 e. The number of hydrogen-bond donors (Lipinski definition) is 1. The molecule has 0 radical (unpaired) electrons. The van der Waals surface area contributed by atoms with Crippen LogP contribution in [0.2, 0.25) is 0 Å². The lowest BCUT2D eigenvalue weighted by atomic mass is 10.2. The molecule has 0 aliphatic carbocycles. The number of carbonyl (C=O) groups is 19. The number of nitrogens with zero attached hydrogens (tertiary/aromatic N) is 3. The monoisotopic (exact) mass is 2220 g/mol. The van der Waals surface area contributed by atoms with Crippen molar-refractivity contribution in [1.82, 2.24) is 5.32 Å². The Labute approximate surface area is 874 Å². The molecule has 150 heavy (non-hydrogen) atoms. The van der Waals surface area contributed by atoms with E-state index >= 15 is 0 Å². The van der Waals surface area contributed by atoms with E-state index in [4.69, 9.17) is 90.0 Å². The first-order valence-electron chi connectivity index (χ1n) is 45.8. The van der Waals surface area contributed by atoms with Crippen molar-refractivity contribution < 1.29 is 246 Å². The van der Waals surface area contributed by atoms with Gasteiger partial charge in [-0.05, 0) is 74.7 Å². The molecule has 0 spiro atoms. The molecule has 0 fully saturated rings. The minimum atomic E-state index is -4.41. The SMILES string of the molecule is C=C(C)C(=O)OCCCC(=O)OCC[N+](C)(CCOC(=O)CCCOC(=O)C(=C)C)CCOC(=O)NCCOC(=O)C(=C)C.C=C(C)C(=O)OCCOC(=O)CCC(=O)OCC[N+](C)(CCOC(=O)CCC(=O)OCCOC(=O)C(=C)C)CCOC(=O)CCC(=O)OCCOC(=O)C(=C)C.C=C(C)C(=O)OCCOC(=O)CC[N+](C)(CCCC)CCC(=O)OCCOC(=O)C(=C)C.COS(=O)(=O)[O-].COS(=O)(=O)[O-].COS(=O)(=O)[O-]. The van der Waals surface area contributed by atoms with Gasteiger partial charge in [-0.3, -0.25) is 60.5 Å². The molecule has 0 aromatic heterocycles. The highest BCUT2D eigenvalue weighted by molar-refractivity contribution is 7.81. The fourth-order valence-electron chi connectivity index (χ4n) is 9.41. The number of hydrogen-bond acceptors (Lipinski definition) is 50. The molecule has 0 saturated heterocycles. The number of likely N-dealkylation sites (N-methyl/N-ethyl adjacent to an activating group) is 2. The second-order valence-electron chi connectivity index (χ2n) is 32.3. The third-order valence-corrected chi connectivity index (χ3v) is 19.3. The predicted molar refractivity (Wildman–Crippen MR) is 518 cm³/mol. The van der Waals surface area contributed by atoms with Crippen LogP contribution < -0.4 is 5.32 Å². The summed E-state index contributed by atoms with van der Waals surface area (Å²) >= 11 is 0. The van der Waals surface area contributed by atoms with Crippen LogP contribution in [0.5, 0.6) is 0 Å². The van der Waals surface area contributed by atoms with Gasteiger partial charge in [-0.15, -0.1) is 0 Å². The van der Waals surface area contributed by atoms with Gasteiger partial charge in [-0.25, -0.2) is 68.4 Å². The van der Waals surface area contributed by atoms with E-state index in [-0.39, 0.29) is 281 Å². The third-order valence-electron chi connectivity index (χ3n) is 18.1. The summed E-state index contributed by atoms with van der Waals surface area (Å²) in [4.78, 5) is 224. The van der Waals surface area contributed by atoms with Gasteiger partial charge in [0.1, 0.15) is 152 Å². The van der Waals surface area contributed by atoms with Crippen LogP contribution in [0.3, 0.4) is 0 Å². The van der Waals surface area contributed by atoms with Gasteiger partial charge in [0.25, 0.3) is 0 Å². The molecule has 1 N–H and O–H groups in total. The minimum Gasteiger partial charge on any atom is -0.726 e. The summed E-state index contributed by atoms with van der Waals surface area (Å²) in [5.41, 5.74) is 1.93. The lowest BCUT2D eigenvalue weighted by Gasteiger charge is -2.34. The van der Waals surface area contributed by atoms with Crippen molar-refractivity contribution in [2.24, 2.45) is 0 Å². The number of quaternary nitrogens is 3. The summed E-state index contributed by atoms with van der Waals surface area (Å²) in [5.74, 6) is -10.4. The number of unbranched alkanes of at least 4 members (excludes halogenated alkanes) is 1. The number of carbonyl (C=O) groups excluding carboxylic acids is 19. The Kier molecular flexibility index (Phi) is 84.6. The van der Waals surface area contributed by atoms with Crippen LogP contribution in [0, 0.1) is 0 Å². The molecule has 0 unspecified atom stereocenters. The summed E-state index contributed by atoms with van der Waals surface area (Å²) in [5, 5.41) is 2.47. The van der Waals surface area contributed by atoms with E-state index in [1.807, 2.05) is 14.1 Å². The summed E-state index contributed by atoms with van der Waals surface area (Å²) in [6.07, 6.45) is 0.597. The second kappa shape index (κ2) is 85.9. The quantitative estimate of drug-likeness (QED) is 0.0174. The third kappa shape index (κ3) is 97.2. The van der Waals surface area contributed by atoms with Crippen molar-refractivity contribution in [3.63, 3.8) is 0 Å². The molecular formula is C93H148N4O50S3. The van der Waals surface area contributed by atoms with Gasteiger partial charge in [-0.1, -0.05) is 66.0 Å². The molecule has 1 amide bonds. The molecule has 54 nitrogen and oxygen atoms in total. The Morgan fingerprint density at radius 3 is 0.573 bits per heavy atom. The Hall–Kier alpha value is -12.9. The topological polar surface area (TPSA) is 711 Å². The van der Waals surface area contributed by atoms with E-state index in [9.17, 15) is 130 Å². The van der Waals surface area contributed by atoms with Gasteiger partial charge in [0.05, 0.1) is 133 Å². The molecule has 0 aromatic carbocycles. The highest BCUT2D eigenvalue weighted by Crippen LogP contribution is 2.14. The number of amides is 1. The Balaban J connectivity index is -0.000000489. The minimum absolute atomic E-state index is 0.00203. The summed E-state index contributed by atoms with van der Waals surface area (Å²) < 4.78 is 189. The van der Waals surface area contributed by atoms with Gasteiger partial charge in [0.2, 0.25) is 31.2 Å². The van der Waals surface area contributed by atoms with E-state index in [1.165, 1.54) is 55.4 Å². The predicted octanol–water partition coefficient (Wildman–Crippen LogP) is 3.17. The number of nitrogens with one attached hydrogen (secondary N) is 1. The first kappa shape index (κ1) is 148. The van der Waals surface area contributed by atoms with Crippen LogP contribution in [0.4, 0.5) is 4.79 Å². The van der Waals surface area contributed by atoms with Crippen molar-refractivity contribution in [2.75, 3.05) is 233 Å².